The number of rotatable bonds is 1. The van der Waals surface area contributed by atoms with Gasteiger partial charge in [-0.05, 0) is 52.4 Å². The molecule has 5 heteroatoms. The van der Waals surface area contributed by atoms with Crippen molar-refractivity contribution in [1.82, 2.24) is 0 Å². The highest BCUT2D eigenvalue weighted by molar-refractivity contribution is 14.1. The van der Waals surface area contributed by atoms with E-state index in [9.17, 15) is 4.39 Å². The summed E-state index contributed by atoms with van der Waals surface area (Å²) in [6.45, 7) is 0. The highest BCUT2D eigenvalue weighted by Crippen LogP contribution is 2.39. The van der Waals surface area contributed by atoms with Crippen LogP contribution in [-0.2, 0) is 0 Å². The van der Waals surface area contributed by atoms with Crippen molar-refractivity contribution in [2.45, 2.75) is 0 Å². The maximum atomic E-state index is 13.5. The summed E-state index contributed by atoms with van der Waals surface area (Å²) in [5.74, 6) is -0.310. The van der Waals surface area contributed by atoms with Crippen LogP contribution in [0.2, 0.25) is 15.1 Å². The van der Waals surface area contributed by atoms with E-state index in [0.717, 1.165) is 0 Å². The molecule has 88 valence electrons. The zero-order valence-electron chi connectivity index (χ0n) is 8.28. The van der Waals surface area contributed by atoms with E-state index in [1.807, 2.05) is 22.6 Å². The molecule has 2 aromatic carbocycles. The van der Waals surface area contributed by atoms with Crippen LogP contribution in [0.15, 0.2) is 30.3 Å². The van der Waals surface area contributed by atoms with Gasteiger partial charge in [0.2, 0.25) is 0 Å². The molecule has 2 aromatic rings. The molecule has 0 amide bonds. The Morgan fingerprint density at radius 1 is 0.941 bits per heavy atom. The molecular weight excluding hydrogens is 396 g/mol. The molecule has 0 bridgehead atoms. The molecule has 0 heterocycles. The smallest absolute Gasteiger partial charge is 0.137 e. The Hall–Kier alpha value is -0.0300. The van der Waals surface area contributed by atoms with Gasteiger partial charge in [-0.15, -0.1) is 0 Å². The maximum Gasteiger partial charge on any atom is 0.137 e. The number of benzene rings is 2. The van der Waals surface area contributed by atoms with E-state index in [0.29, 0.717) is 29.8 Å². The zero-order valence-corrected chi connectivity index (χ0v) is 12.7. The second kappa shape index (κ2) is 5.31. The molecular formula is C12H5Cl3FI. The summed E-state index contributed by atoms with van der Waals surface area (Å²) in [6, 6.07) is 8.07. The highest BCUT2D eigenvalue weighted by atomic mass is 127. The van der Waals surface area contributed by atoms with Crippen LogP contribution >= 0.6 is 57.4 Å². The fourth-order valence-corrected chi connectivity index (χ4v) is 2.53. The molecule has 2 rings (SSSR count). The minimum absolute atomic E-state index is 0.310. The molecule has 0 aliphatic carbocycles. The second-order valence-electron chi connectivity index (χ2n) is 3.35. The molecule has 0 N–H and O–H groups in total. The van der Waals surface area contributed by atoms with Gasteiger partial charge in [0, 0.05) is 14.2 Å². The van der Waals surface area contributed by atoms with Crippen LogP contribution in [0.4, 0.5) is 4.39 Å². The Bertz CT molecular complexity index is 584. The lowest BCUT2D eigenvalue weighted by Crippen LogP contribution is -1.87. The minimum Gasteiger partial charge on any atom is -0.206 e. The first kappa shape index (κ1) is 13.4. The van der Waals surface area contributed by atoms with Gasteiger partial charge in [0.15, 0.2) is 0 Å². The highest BCUT2D eigenvalue weighted by Gasteiger charge is 2.13. The maximum absolute atomic E-state index is 13.5. The Morgan fingerprint density at radius 3 is 2.24 bits per heavy atom. The van der Waals surface area contributed by atoms with Gasteiger partial charge in [-0.3, -0.25) is 0 Å². The van der Waals surface area contributed by atoms with Crippen molar-refractivity contribution in [2.24, 2.45) is 0 Å². The lowest BCUT2D eigenvalue weighted by molar-refractivity contribution is 0.621. The summed E-state index contributed by atoms with van der Waals surface area (Å²) < 4.78 is 14.0. The molecule has 0 aliphatic heterocycles. The molecule has 0 fully saturated rings. The molecule has 17 heavy (non-hydrogen) atoms. The van der Waals surface area contributed by atoms with Crippen molar-refractivity contribution >= 4 is 57.4 Å². The third-order valence-corrected chi connectivity index (χ3v) is 4.25. The Labute approximate surface area is 127 Å². The quantitative estimate of drug-likeness (QED) is 0.403. The van der Waals surface area contributed by atoms with E-state index in [1.165, 1.54) is 6.07 Å². The standard InChI is InChI=1S/C12H5Cl3FI/c13-7-2-3-8(14)12(15)11(7)6-1-4-10(17)9(16)5-6/h1-5H. The van der Waals surface area contributed by atoms with E-state index in [-0.39, 0.29) is 5.82 Å². The Balaban J connectivity index is 2.68. The molecule has 0 aliphatic rings. The van der Waals surface area contributed by atoms with E-state index < -0.39 is 0 Å². The van der Waals surface area contributed by atoms with Crippen LogP contribution in [-0.4, -0.2) is 0 Å². The SMILES string of the molecule is Fc1cc(-c2c(Cl)ccc(Cl)c2Cl)ccc1I. The van der Waals surface area contributed by atoms with Crippen molar-refractivity contribution in [3.05, 3.63) is 54.8 Å². The third kappa shape index (κ3) is 2.70. The fourth-order valence-electron chi connectivity index (χ4n) is 1.44. The largest absolute Gasteiger partial charge is 0.206 e. The van der Waals surface area contributed by atoms with Crippen molar-refractivity contribution in [1.29, 1.82) is 0 Å². The van der Waals surface area contributed by atoms with Crippen molar-refractivity contribution in [3.8, 4) is 11.1 Å². The monoisotopic (exact) mass is 400 g/mol. The number of hydrogen-bond donors (Lipinski definition) is 0. The molecule has 0 aromatic heterocycles. The lowest BCUT2D eigenvalue weighted by atomic mass is 10.1. The average molecular weight is 401 g/mol. The molecule has 0 atom stereocenters. The van der Waals surface area contributed by atoms with Crippen molar-refractivity contribution < 1.29 is 4.39 Å². The third-order valence-electron chi connectivity index (χ3n) is 2.25. The molecule has 0 radical (unpaired) electrons. The average Bonchev–Trinajstić information content (AvgIpc) is 2.29. The normalized spacial score (nSPS) is 10.6. The van der Waals surface area contributed by atoms with Gasteiger partial charge in [-0.1, -0.05) is 40.9 Å². The predicted octanol–water partition coefficient (Wildman–Crippen LogP) is 6.06. The van der Waals surface area contributed by atoms with Gasteiger partial charge in [-0.2, -0.15) is 0 Å². The zero-order chi connectivity index (χ0) is 12.6. The van der Waals surface area contributed by atoms with Crippen LogP contribution in [0, 0.1) is 9.39 Å². The summed E-state index contributed by atoms with van der Waals surface area (Å²) in [7, 11) is 0. The van der Waals surface area contributed by atoms with Crippen LogP contribution in [0.5, 0.6) is 0 Å². The Kier molecular flexibility index (Phi) is 4.18. The van der Waals surface area contributed by atoms with Crippen molar-refractivity contribution in [2.75, 3.05) is 0 Å². The first-order chi connectivity index (χ1) is 8.00. The Morgan fingerprint density at radius 2 is 1.59 bits per heavy atom. The van der Waals surface area contributed by atoms with E-state index in [1.54, 1.807) is 24.3 Å². The molecule has 0 nitrogen and oxygen atoms in total. The van der Waals surface area contributed by atoms with Crippen LogP contribution < -0.4 is 0 Å². The first-order valence-electron chi connectivity index (χ1n) is 4.59. The van der Waals surface area contributed by atoms with Crippen LogP contribution in [0.25, 0.3) is 11.1 Å². The molecule has 0 saturated carbocycles. The van der Waals surface area contributed by atoms with Gasteiger partial charge in [0.1, 0.15) is 5.82 Å². The summed E-state index contributed by atoms with van der Waals surface area (Å²) >= 11 is 20.0. The van der Waals surface area contributed by atoms with E-state index in [4.69, 9.17) is 34.8 Å². The predicted molar refractivity (Wildman–Crippen MR) is 79.6 cm³/mol. The van der Waals surface area contributed by atoms with Gasteiger partial charge in [0.05, 0.1) is 10.0 Å². The number of halogens is 5. The van der Waals surface area contributed by atoms with E-state index in [2.05, 4.69) is 0 Å². The van der Waals surface area contributed by atoms with E-state index >= 15 is 0 Å². The van der Waals surface area contributed by atoms with Crippen LogP contribution in [0.1, 0.15) is 0 Å². The fraction of sp³-hybridized carbons (Fsp3) is 0. The van der Waals surface area contributed by atoms with Crippen molar-refractivity contribution in [3.63, 3.8) is 0 Å². The second-order valence-corrected chi connectivity index (χ2v) is 5.70. The molecule has 0 unspecified atom stereocenters. The van der Waals surface area contributed by atoms with Gasteiger partial charge in [-0.25, -0.2) is 4.39 Å². The topological polar surface area (TPSA) is 0 Å². The summed E-state index contributed by atoms with van der Waals surface area (Å²) in [4.78, 5) is 0. The first-order valence-corrected chi connectivity index (χ1v) is 6.81. The number of hydrogen-bond acceptors (Lipinski definition) is 0. The minimum atomic E-state index is -0.310. The molecule has 0 spiro atoms. The summed E-state index contributed by atoms with van der Waals surface area (Å²) in [5.41, 5.74) is 1.16. The van der Waals surface area contributed by atoms with Gasteiger partial charge >= 0.3 is 0 Å². The lowest BCUT2D eigenvalue weighted by Gasteiger charge is -2.09. The van der Waals surface area contributed by atoms with Gasteiger partial charge in [0.25, 0.3) is 0 Å². The van der Waals surface area contributed by atoms with Gasteiger partial charge < -0.3 is 0 Å². The molecule has 0 saturated heterocycles. The summed E-state index contributed by atoms with van der Waals surface area (Å²) in [6.07, 6.45) is 0. The van der Waals surface area contributed by atoms with Crippen LogP contribution in [0.3, 0.4) is 0 Å². The summed E-state index contributed by atoms with van der Waals surface area (Å²) in [5, 5.41) is 1.17.